The number of amides is 2. The number of nitrogens with one attached hydrogen (secondary N) is 1. The summed E-state index contributed by atoms with van der Waals surface area (Å²) in [6, 6.07) is 5.98. The fraction of sp³-hybridized carbons (Fsp3) is 0.450. The van der Waals surface area contributed by atoms with Crippen molar-refractivity contribution in [2.45, 2.75) is 45.2 Å². The van der Waals surface area contributed by atoms with E-state index in [1.54, 1.807) is 12.1 Å². The number of hydrogen-bond acceptors (Lipinski definition) is 5. The molecular weight excluding hydrogens is 363 g/mol. The molecule has 0 bridgehead atoms. The molecule has 0 saturated carbocycles. The Bertz CT molecular complexity index is 908. The summed E-state index contributed by atoms with van der Waals surface area (Å²) in [5.74, 6) is 0.0255. The number of nitrogens with zero attached hydrogens (tertiary/aromatic N) is 3. The molecule has 1 unspecified atom stereocenters. The van der Waals surface area contributed by atoms with Gasteiger partial charge in [-0.2, -0.15) is 0 Å². The van der Waals surface area contributed by atoms with Gasteiger partial charge in [0.05, 0.1) is 24.1 Å². The van der Waals surface area contributed by atoms with E-state index < -0.39 is 5.54 Å². The highest BCUT2D eigenvalue weighted by atomic mass is 19.1. The lowest BCUT2D eigenvalue weighted by Crippen LogP contribution is -2.53. The van der Waals surface area contributed by atoms with Crippen LogP contribution in [0.5, 0.6) is 0 Å². The first-order valence-corrected chi connectivity index (χ1v) is 9.37. The quantitative estimate of drug-likeness (QED) is 0.868. The predicted molar refractivity (Wildman–Crippen MR) is 98.3 cm³/mol. The Labute approximate surface area is 162 Å². The lowest BCUT2D eigenvalue weighted by Gasteiger charge is -2.33. The predicted octanol–water partition coefficient (Wildman–Crippen LogP) is 1.88. The van der Waals surface area contributed by atoms with Crippen LogP contribution in [0.25, 0.3) is 0 Å². The molecule has 2 fully saturated rings. The van der Waals surface area contributed by atoms with Crippen LogP contribution in [0.3, 0.4) is 0 Å². The van der Waals surface area contributed by atoms with Gasteiger partial charge < -0.3 is 4.52 Å². The Morgan fingerprint density at radius 1 is 1.39 bits per heavy atom. The zero-order valence-corrected chi connectivity index (χ0v) is 16.0. The molecule has 28 heavy (non-hydrogen) atoms. The molecule has 1 spiro atoms. The van der Waals surface area contributed by atoms with Crippen LogP contribution in [-0.4, -0.2) is 45.5 Å². The van der Waals surface area contributed by atoms with Crippen LogP contribution in [0, 0.1) is 19.7 Å². The molecular formula is C20H23FN4O3. The Morgan fingerprint density at radius 2 is 2.21 bits per heavy atom. The Balaban J connectivity index is 1.49. The summed E-state index contributed by atoms with van der Waals surface area (Å²) in [5.41, 5.74) is 4.65. The van der Waals surface area contributed by atoms with Crippen molar-refractivity contribution in [2.24, 2.45) is 0 Å². The van der Waals surface area contributed by atoms with E-state index in [1.165, 1.54) is 17.1 Å². The summed E-state index contributed by atoms with van der Waals surface area (Å²) in [7, 11) is 0. The molecule has 1 N–H and O–H groups in total. The van der Waals surface area contributed by atoms with E-state index in [0.717, 1.165) is 23.6 Å². The topological polar surface area (TPSA) is 78.7 Å². The van der Waals surface area contributed by atoms with Gasteiger partial charge in [-0.15, -0.1) is 0 Å². The number of aryl methyl sites for hydroxylation is 2. The van der Waals surface area contributed by atoms with Crippen LogP contribution in [0.4, 0.5) is 4.39 Å². The fourth-order valence-electron chi connectivity index (χ4n) is 4.24. The van der Waals surface area contributed by atoms with Crippen molar-refractivity contribution in [3.05, 3.63) is 52.7 Å². The molecule has 3 heterocycles. The van der Waals surface area contributed by atoms with E-state index in [2.05, 4.69) is 15.5 Å². The van der Waals surface area contributed by atoms with Gasteiger partial charge in [-0.25, -0.2) is 9.40 Å². The van der Waals surface area contributed by atoms with Crippen LogP contribution >= 0.6 is 0 Å². The highest BCUT2D eigenvalue weighted by Crippen LogP contribution is 2.35. The van der Waals surface area contributed by atoms with Gasteiger partial charge in [-0.3, -0.25) is 19.9 Å². The molecule has 2 aliphatic heterocycles. The molecule has 1 aromatic carbocycles. The van der Waals surface area contributed by atoms with Gasteiger partial charge in [-0.1, -0.05) is 17.3 Å². The molecule has 0 aliphatic carbocycles. The third-order valence-electron chi connectivity index (χ3n) is 5.67. The molecule has 0 radical (unpaired) electrons. The first-order valence-electron chi connectivity index (χ1n) is 9.37. The van der Waals surface area contributed by atoms with Gasteiger partial charge in [0.2, 0.25) is 11.8 Å². The lowest BCUT2D eigenvalue weighted by atomic mass is 9.94. The van der Waals surface area contributed by atoms with E-state index >= 15 is 0 Å². The van der Waals surface area contributed by atoms with Crippen molar-refractivity contribution < 1.29 is 18.5 Å². The average molecular weight is 386 g/mol. The second-order valence-electron chi connectivity index (χ2n) is 7.74. The third kappa shape index (κ3) is 3.40. The molecule has 1 aromatic heterocycles. The van der Waals surface area contributed by atoms with Crippen LogP contribution < -0.4 is 5.43 Å². The number of likely N-dealkylation sites (tertiary alicyclic amines) is 1. The van der Waals surface area contributed by atoms with Crippen molar-refractivity contribution in [3.63, 3.8) is 0 Å². The summed E-state index contributed by atoms with van der Waals surface area (Å²) in [4.78, 5) is 27.3. The first-order chi connectivity index (χ1) is 13.4. The Kier molecular flexibility index (Phi) is 4.66. The minimum Gasteiger partial charge on any atom is -0.361 e. The molecule has 7 nitrogen and oxygen atoms in total. The van der Waals surface area contributed by atoms with E-state index in [0.29, 0.717) is 25.1 Å². The van der Waals surface area contributed by atoms with E-state index in [1.807, 2.05) is 13.8 Å². The molecule has 2 aromatic rings. The number of carbonyl (C=O) groups is 2. The maximum atomic E-state index is 13.4. The molecule has 8 heteroatoms. The largest absolute Gasteiger partial charge is 0.361 e. The number of hydrogen-bond donors (Lipinski definition) is 1. The Morgan fingerprint density at radius 3 is 2.93 bits per heavy atom. The minimum absolute atomic E-state index is 0.0453. The molecule has 2 aliphatic rings. The first kappa shape index (κ1) is 18.6. The summed E-state index contributed by atoms with van der Waals surface area (Å²) in [6.07, 6.45) is 1.02. The minimum atomic E-state index is -0.569. The van der Waals surface area contributed by atoms with E-state index in [9.17, 15) is 14.0 Å². The van der Waals surface area contributed by atoms with E-state index in [-0.39, 0.29) is 30.5 Å². The maximum Gasteiger partial charge on any atom is 0.245 e. The Hall–Kier alpha value is -2.74. The highest BCUT2D eigenvalue weighted by molar-refractivity contribution is 5.88. The molecule has 2 saturated heterocycles. The maximum absolute atomic E-state index is 13.4. The van der Waals surface area contributed by atoms with Gasteiger partial charge >= 0.3 is 0 Å². The third-order valence-corrected chi connectivity index (χ3v) is 5.67. The summed E-state index contributed by atoms with van der Waals surface area (Å²) in [5, 5.41) is 5.47. The number of benzene rings is 1. The normalized spacial score (nSPS) is 22.2. The van der Waals surface area contributed by atoms with Crippen molar-refractivity contribution >= 4 is 11.8 Å². The van der Waals surface area contributed by atoms with Crippen molar-refractivity contribution in [1.82, 2.24) is 20.5 Å². The number of rotatable bonds is 4. The zero-order chi connectivity index (χ0) is 19.9. The average Bonchev–Trinajstić information content (AvgIpc) is 3.29. The number of aromatic nitrogens is 1. The standard InChI is InChI=1S/C20H23FN4O3/c1-13-17(14(2)28-23-13)11-24-7-6-20(12-24)10-18(26)22-25(20)19(27)9-15-4-3-5-16(21)8-15/h3-5,8H,6-7,9-12H2,1-2H3,(H,22,26). The van der Waals surface area contributed by atoms with Crippen LogP contribution in [0.2, 0.25) is 0 Å². The van der Waals surface area contributed by atoms with Gasteiger partial charge in [0, 0.05) is 25.2 Å². The molecule has 148 valence electrons. The van der Waals surface area contributed by atoms with Gasteiger partial charge in [-0.05, 0) is 38.0 Å². The molecule has 2 amide bonds. The SMILES string of the molecule is Cc1noc(C)c1CN1CCC2(CC(=O)NN2C(=O)Cc2cccc(F)c2)C1. The summed E-state index contributed by atoms with van der Waals surface area (Å²) < 4.78 is 18.7. The zero-order valence-electron chi connectivity index (χ0n) is 16.0. The number of halogens is 1. The lowest BCUT2D eigenvalue weighted by molar-refractivity contribution is -0.140. The number of hydrazine groups is 1. The van der Waals surface area contributed by atoms with Crippen LogP contribution in [-0.2, 0) is 22.6 Å². The second-order valence-corrected chi connectivity index (χ2v) is 7.74. The van der Waals surface area contributed by atoms with E-state index in [4.69, 9.17) is 4.52 Å². The highest BCUT2D eigenvalue weighted by Gasteiger charge is 2.51. The monoisotopic (exact) mass is 386 g/mol. The smallest absolute Gasteiger partial charge is 0.245 e. The summed E-state index contributed by atoms with van der Waals surface area (Å²) >= 11 is 0. The van der Waals surface area contributed by atoms with Gasteiger partial charge in [0.15, 0.2) is 0 Å². The second kappa shape index (κ2) is 7.01. The molecule has 1 atom stereocenters. The van der Waals surface area contributed by atoms with Crippen molar-refractivity contribution in [3.8, 4) is 0 Å². The number of carbonyl (C=O) groups excluding carboxylic acids is 2. The summed E-state index contributed by atoms with van der Waals surface area (Å²) in [6.45, 7) is 5.82. The van der Waals surface area contributed by atoms with Crippen molar-refractivity contribution in [2.75, 3.05) is 13.1 Å². The molecule has 4 rings (SSSR count). The fourth-order valence-corrected chi connectivity index (χ4v) is 4.24. The van der Waals surface area contributed by atoms with Gasteiger partial charge in [0.25, 0.3) is 0 Å². The van der Waals surface area contributed by atoms with Crippen LogP contribution in [0.15, 0.2) is 28.8 Å². The van der Waals surface area contributed by atoms with Crippen LogP contribution in [0.1, 0.15) is 35.4 Å². The van der Waals surface area contributed by atoms with Gasteiger partial charge in [0.1, 0.15) is 11.6 Å². The van der Waals surface area contributed by atoms with Crippen molar-refractivity contribution in [1.29, 1.82) is 0 Å².